The average Bonchev–Trinajstić information content (AvgIpc) is 3.16. The van der Waals surface area contributed by atoms with Gasteiger partial charge in [0.15, 0.2) is 19.7 Å². The summed E-state index contributed by atoms with van der Waals surface area (Å²) in [5, 5.41) is -2.17. The Balaban J connectivity index is 1.52. The quantitative estimate of drug-likeness (QED) is 0.474. The van der Waals surface area contributed by atoms with Gasteiger partial charge in [0, 0.05) is 23.7 Å². The van der Waals surface area contributed by atoms with Crippen molar-refractivity contribution in [3.8, 4) is 0 Å². The van der Waals surface area contributed by atoms with Crippen molar-refractivity contribution in [1.29, 1.82) is 0 Å². The van der Waals surface area contributed by atoms with Crippen molar-refractivity contribution in [3.63, 3.8) is 0 Å². The topological polar surface area (TPSA) is 80.8 Å². The number of fused-ring (bicyclic) bond motifs is 4. The van der Waals surface area contributed by atoms with Crippen LogP contribution >= 0.6 is 0 Å². The third-order valence-electron chi connectivity index (χ3n) is 9.10. The van der Waals surface area contributed by atoms with Gasteiger partial charge in [0.05, 0.1) is 20.3 Å². The molecule has 3 saturated carbocycles. The lowest BCUT2D eigenvalue weighted by atomic mass is 9.73. The fourth-order valence-corrected chi connectivity index (χ4v) is 13.2. The Bertz CT molecular complexity index is 1380. The number of rotatable bonds is 4. The van der Waals surface area contributed by atoms with Crippen LogP contribution in [0.1, 0.15) is 20.3 Å². The molecule has 0 radical (unpaired) electrons. The van der Waals surface area contributed by atoms with Crippen LogP contribution in [0.2, 0.25) is 0 Å². The van der Waals surface area contributed by atoms with Crippen molar-refractivity contribution in [3.05, 3.63) is 84.0 Å². The SMILES string of the molecule is CC(C)=C1[C@H]2[C@H](S(=O)(=O)c3ccccc3)[C@H](S(=O)(=O)c3ccccc3)[C@H]1[C@]13O[C@]21[C@H]1C=C[C@H]3C1. The zero-order valence-corrected chi connectivity index (χ0v) is 20.6. The van der Waals surface area contributed by atoms with Crippen LogP contribution in [0, 0.1) is 23.7 Å². The summed E-state index contributed by atoms with van der Waals surface area (Å²) in [6, 6.07) is 16.6. The van der Waals surface area contributed by atoms with Crippen molar-refractivity contribution in [1.82, 2.24) is 0 Å². The smallest absolute Gasteiger partial charge is 0.183 e. The van der Waals surface area contributed by atoms with Crippen molar-refractivity contribution in [2.45, 2.75) is 51.8 Å². The highest BCUT2D eigenvalue weighted by molar-refractivity contribution is 7.96. The van der Waals surface area contributed by atoms with Crippen LogP contribution in [-0.2, 0) is 24.4 Å². The molecule has 2 aromatic carbocycles. The highest BCUT2D eigenvalue weighted by Gasteiger charge is 2.96. The van der Waals surface area contributed by atoms with Gasteiger partial charge in [0.25, 0.3) is 0 Å². The molecular weight excluding hydrogens is 468 g/mol. The van der Waals surface area contributed by atoms with Gasteiger partial charge in [-0.2, -0.15) is 0 Å². The first-order valence-corrected chi connectivity index (χ1v) is 14.9. The maximum Gasteiger partial charge on any atom is 0.183 e. The molecule has 2 aromatic rings. The van der Waals surface area contributed by atoms with Crippen LogP contribution in [-0.4, -0.2) is 38.5 Å². The van der Waals surface area contributed by atoms with Crippen LogP contribution in [0.25, 0.3) is 0 Å². The molecular formula is C27H26O5S2. The number of epoxide rings is 1. The summed E-state index contributed by atoms with van der Waals surface area (Å²) < 4.78 is 63.7. The van der Waals surface area contributed by atoms with Crippen LogP contribution in [0.15, 0.2) is 93.8 Å². The van der Waals surface area contributed by atoms with Crippen molar-refractivity contribution in [2.24, 2.45) is 23.7 Å². The second-order valence-corrected chi connectivity index (χ2v) is 14.8. The fraction of sp³-hybridized carbons (Fsp3) is 0.407. The monoisotopic (exact) mass is 494 g/mol. The van der Waals surface area contributed by atoms with Gasteiger partial charge in [0.1, 0.15) is 11.2 Å². The molecule has 0 N–H and O–H groups in total. The van der Waals surface area contributed by atoms with Gasteiger partial charge in [-0.05, 0) is 44.5 Å². The molecule has 1 saturated heterocycles. The summed E-state index contributed by atoms with van der Waals surface area (Å²) >= 11 is 0. The standard InChI is InChI=1S/C27H26O5S2/c1-16(2)21-22-24(33(28,29)19-9-5-3-6-10-19)25(34(30,31)20-11-7-4-8-12-20)23(21)27-18-14-13-17(15-18)26(22,27)32-27/h3-14,17-18,22-25H,15H2,1-2H3/t17-,18-,22-,23-,24-,25+,26+,27-/m0/s1. The minimum Gasteiger partial charge on any atom is -0.360 e. The van der Waals surface area contributed by atoms with Gasteiger partial charge < -0.3 is 4.74 Å². The van der Waals surface area contributed by atoms with Gasteiger partial charge in [-0.15, -0.1) is 0 Å². The Labute approximate surface area is 200 Å². The van der Waals surface area contributed by atoms with Crippen molar-refractivity contribution in [2.75, 3.05) is 0 Å². The van der Waals surface area contributed by atoms with Gasteiger partial charge in [-0.3, -0.25) is 0 Å². The zero-order chi connectivity index (χ0) is 23.7. The van der Waals surface area contributed by atoms with Crippen LogP contribution in [0.3, 0.4) is 0 Å². The lowest BCUT2D eigenvalue weighted by Crippen LogP contribution is -2.54. The highest BCUT2D eigenvalue weighted by atomic mass is 32.2. The molecule has 7 rings (SSSR count). The van der Waals surface area contributed by atoms with E-state index in [1.807, 2.05) is 13.8 Å². The number of benzene rings is 2. The lowest BCUT2D eigenvalue weighted by molar-refractivity contribution is 0.123. The van der Waals surface area contributed by atoms with E-state index in [2.05, 4.69) is 12.2 Å². The Morgan fingerprint density at radius 3 is 1.53 bits per heavy atom. The van der Waals surface area contributed by atoms with Gasteiger partial charge >= 0.3 is 0 Å². The molecule has 0 unspecified atom stereocenters. The molecule has 0 amide bonds. The molecule has 4 bridgehead atoms. The molecule has 5 aliphatic rings. The predicted octanol–water partition coefficient (Wildman–Crippen LogP) is 3.98. The Kier molecular flexibility index (Phi) is 3.91. The van der Waals surface area contributed by atoms with E-state index in [4.69, 9.17) is 4.74 Å². The summed E-state index contributed by atoms with van der Waals surface area (Å²) in [5.41, 5.74) is 0.821. The first-order valence-electron chi connectivity index (χ1n) is 11.8. The van der Waals surface area contributed by atoms with Crippen molar-refractivity contribution < 1.29 is 21.6 Å². The van der Waals surface area contributed by atoms with Crippen molar-refractivity contribution >= 4 is 19.7 Å². The first-order chi connectivity index (χ1) is 16.2. The number of sulfone groups is 2. The molecule has 176 valence electrons. The molecule has 0 spiro atoms. The molecule has 0 aromatic heterocycles. The second kappa shape index (κ2) is 6.31. The third kappa shape index (κ3) is 2.12. The molecule has 1 heterocycles. The number of hydrogen-bond donors (Lipinski definition) is 0. The second-order valence-electron chi connectivity index (χ2n) is 10.6. The molecule has 4 aliphatic carbocycles. The minimum absolute atomic E-state index is 0.135. The summed E-state index contributed by atoms with van der Waals surface area (Å²) in [7, 11) is -7.93. The van der Waals surface area contributed by atoms with Gasteiger partial charge in [-0.25, -0.2) is 16.8 Å². The first kappa shape index (κ1) is 21.1. The molecule has 7 heteroatoms. The maximum absolute atomic E-state index is 14.3. The molecule has 5 nitrogen and oxygen atoms in total. The molecule has 8 atom stereocenters. The number of hydrogen-bond acceptors (Lipinski definition) is 5. The summed E-state index contributed by atoms with van der Waals surface area (Å²) in [6.07, 6.45) is 5.26. The summed E-state index contributed by atoms with van der Waals surface area (Å²) in [5.74, 6) is -0.654. The van der Waals surface area contributed by atoms with E-state index in [0.29, 0.717) is 0 Å². The molecule has 34 heavy (non-hydrogen) atoms. The van der Waals surface area contributed by atoms with E-state index < -0.39 is 53.2 Å². The minimum atomic E-state index is -3.96. The van der Waals surface area contributed by atoms with Crippen LogP contribution in [0.5, 0.6) is 0 Å². The average molecular weight is 495 g/mol. The fourth-order valence-electron chi connectivity index (χ4n) is 8.14. The summed E-state index contributed by atoms with van der Waals surface area (Å²) in [6.45, 7) is 3.98. The number of ether oxygens (including phenoxy) is 1. The van der Waals surface area contributed by atoms with Gasteiger partial charge in [-0.1, -0.05) is 59.7 Å². The van der Waals surface area contributed by atoms with E-state index in [-0.39, 0.29) is 21.6 Å². The predicted molar refractivity (Wildman–Crippen MR) is 127 cm³/mol. The third-order valence-corrected chi connectivity index (χ3v) is 13.7. The van der Waals surface area contributed by atoms with E-state index in [1.54, 1.807) is 60.7 Å². The van der Waals surface area contributed by atoms with E-state index in [0.717, 1.165) is 17.6 Å². The van der Waals surface area contributed by atoms with E-state index in [9.17, 15) is 16.8 Å². The zero-order valence-electron chi connectivity index (χ0n) is 19.0. The van der Waals surface area contributed by atoms with Crippen LogP contribution < -0.4 is 0 Å². The molecule has 4 fully saturated rings. The Morgan fingerprint density at radius 2 is 1.15 bits per heavy atom. The summed E-state index contributed by atoms with van der Waals surface area (Å²) in [4.78, 5) is 0.352. The van der Waals surface area contributed by atoms with Crippen LogP contribution in [0.4, 0.5) is 0 Å². The number of allylic oxidation sites excluding steroid dienone is 1. The normalized spacial score (nSPS) is 40.9. The van der Waals surface area contributed by atoms with E-state index >= 15 is 0 Å². The highest BCUT2D eigenvalue weighted by Crippen LogP contribution is 2.85. The van der Waals surface area contributed by atoms with Gasteiger partial charge in [0.2, 0.25) is 0 Å². The molecule has 1 aliphatic heterocycles. The van der Waals surface area contributed by atoms with E-state index in [1.165, 1.54) is 0 Å². The Hall–Kier alpha value is -2.22. The lowest BCUT2D eigenvalue weighted by Gasteiger charge is -2.36. The largest absolute Gasteiger partial charge is 0.360 e. The maximum atomic E-state index is 14.3. The Morgan fingerprint density at radius 1 is 0.735 bits per heavy atom.